The van der Waals surface area contributed by atoms with E-state index in [9.17, 15) is 9.59 Å². The lowest BCUT2D eigenvalue weighted by Gasteiger charge is -2.33. The molecule has 82 valence electrons. The maximum absolute atomic E-state index is 11.3. The summed E-state index contributed by atoms with van der Waals surface area (Å²) >= 11 is 1.54. The standard InChI is InChI=1S/C10H13NO3S/c1-2-3-4-6-9(10(13)14)11-7(12)5-8(11)15-6/h8H,2-5H2,1H3,(H,13,14)/t8-/m0/s1. The summed E-state index contributed by atoms with van der Waals surface area (Å²) in [6.45, 7) is 2.07. The van der Waals surface area contributed by atoms with Crippen molar-refractivity contribution in [2.45, 2.75) is 38.0 Å². The molecule has 0 unspecified atom stereocenters. The molecular formula is C10H13NO3S. The first-order valence-electron chi connectivity index (χ1n) is 5.10. The van der Waals surface area contributed by atoms with Gasteiger partial charge in [-0.15, -0.1) is 11.8 Å². The highest BCUT2D eigenvalue weighted by Gasteiger charge is 2.47. The second-order valence-corrected chi connectivity index (χ2v) is 4.99. The molecule has 0 aromatic rings. The van der Waals surface area contributed by atoms with E-state index in [1.807, 2.05) is 0 Å². The third-order valence-electron chi connectivity index (χ3n) is 2.65. The molecule has 0 aromatic carbocycles. The van der Waals surface area contributed by atoms with Crippen LogP contribution in [-0.4, -0.2) is 27.3 Å². The summed E-state index contributed by atoms with van der Waals surface area (Å²) in [6, 6.07) is 0. The van der Waals surface area contributed by atoms with Crippen molar-refractivity contribution in [1.82, 2.24) is 4.90 Å². The highest BCUT2D eigenvalue weighted by molar-refractivity contribution is 8.04. The van der Waals surface area contributed by atoms with E-state index in [4.69, 9.17) is 5.11 Å². The molecule has 1 amide bonds. The van der Waals surface area contributed by atoms with Crippen molar-refractivity contribution >= 4 is 23.6 Å². The van der Waals surface area contributed by atoms with Crippen LogP contribution < -0.4 is 0 Å². The predicted octanol–water partition coefficient (Wildman–Crippen LogP) is 1.78. The van der Waals surface area contributed by atoms with Gasteiger partial charge in [-0.1, -0.05) is 13.3 Å². The highest BCUT2D eigenvalue weighted by atomic mass is 32.2. The van der Waals surface area contributed by atoms with Gasteiger partial charge in [0.2, 0.25) is 5.91 Å². The number of nitrogens with zero attached hydrogens (tertiary/aromatic N) is 1. The molecule has 15 heavy (non-hydrogen) atoms. The van der Waals surface area contributed by atoms with Crippen LogP contribution in [0.4, 0.5) is 0 Å². The van der Waals surface area contributed by atoms with Crippen molar-refractivity contribution in [3.8, 4) is 0 Å². The van der Waals surface area contributed by atoms with Crippen molar-refractivity contribution in [1.29, 1.82) is 0 Å². The molecule has 0 aromatic heterocycles. The van der Waals surface area contributed by atoms with Gasteiger partial charge < -0.3 is 5.11 Å². The van der Waals surface area contributed by atoms with Crippen molar-refractivity contribution in [3.05, 3.63) is 10.6 Å². The highest BCUT2D eigenvalue weighted by Crippen LogP contribution is 2.47. The number of hydrogen-bond donors (Lipinski definition) is 1. The monoisotopic (exact) mass is 227 g/mol. The van der Waals surface area contributed by atoms with E-state index in [0.29, 0.717) is 6.42 Å². The number of aliphatic carboxylic acids is 1. The van der Waals surface area contributed by atoms with Crippen LogP contribution in [0.1, 0.15) is 32.6 Å². The zero-order chi connectivity index (χ0) is 11.0. The van der Waals surface area contributed by atoms with Gasteiger partial charge in [0, 0.05) is 4.91 Å². The predicted molar refractivity (Wildman–Crippen MR) is 57.0 cm³/mol. The number of hydrogen-bond acceptors (Lipinski definition) is 3. The van der Waals surface area contributed by atoms with E-state index in [2.05, 4.69) is 6.92 Å². The Morgan fingerprint density at radius 2 is 2.40 bits per heavy atom. The van der Waals surface area contributed by atoms with Crippen molar-refractivity contribution in [3.63, 3.8) is 0 Å². The molecule has 0 bridgehead atoms. The second-order valence-electron chi connectivity index (χ2n) is 3.72. The summed E-state index contributed by atoms with van der Waals surface area (Å²) in [5.41, 5.74) is 0.231. The molecule has 1 saturated heterocycles. The minimum atomic E-state index is -0.968. The van der Waals surface area contributed by atoms with Gasteiger partial charge in [0.1, 0.15) is 5.70 Å². The van der Waals surface area contributed by atoms with Gasteiger partial charge in [-0.2, -0.15) is 0 Å². The maximum atomic E-state index is 11.3. The summed E-state index contributed by atoms with van der Waals surface area (Å²) in [7, 11) is 0. The van der Waals surface area contributed by atoms with Crippen molar-refractivity contribution in [2.75, 3.05) is 0 Å². The Labute approximate surface area is 92.3 Å². The molecule has 2 heterocycles. The number of fused-ring (bicyclic) bond motifs is 1. The Bertz CT molecular complexity index is 351. The SMILES string of the molecule is CCCCC1=C(C(=O)O)N2C(=O)C[C@@H]2S1. The van der Waals surface area contributed by atoms with Gasteiger partial charge in [-0.3, -0.25) is 9.69 Å². The number of amides is 1. The number of carbonyl (C=O) groups excluding carboxylic acids is 1. The van der Waals surface area contributed by atoms with Crippen LogP contribution in [0, 0.1) is 0 Å². The first kappa shape index (κ1) is 10.5. The fraction of sp³-hybridized carbons (Fsp3) is 0.600. The zero-order valence-electron chi connectivity index (χ0n) is 8.52. The number of carbonyl (C=O) groups is 2. The summed E-state index contributed by atoms with van der Waals surface area (Å²) in [4.78, 5) is 24.6. The van der Waals surface area contributed by atoms with Crippen LogP contribution in [0.3, 0.4) is 0 Å². The van der Waals surface area contributed by atoms with Gasteiger partial charge in [0.05, 0.1) is 11.8 Å². The van der Waals surface area contributed by atoms with Crippen molar-refractivity contribution < 1.29 is 14.7 Å². The third-order valence-corrected chi connectivity index (χ3v) is 3.98. The van der Waals surface area contributed by atoms with Gasteiger partial charge in [-0.05, 0) is 12.8 Å². The molecular weight excluding hydrogens is 214 g/mol. The number of β-lactam (4-membered cyclic amide) rings is 1. The van der Waals surface area contributed by atoms with E-state index in [0.717, 1.165) is 24.2 Å². The normalized spacial score (nSPS) is 24.2. The third kappa shape index (κ3) is 1.65. The number of carboxylic acid groups (broad SMARTS) is 1. The number of unbranched alkanes of at least 4 members (excludes halogenated alkanes) is 1. The second kappa shape index (κ2) is 3.89. The molecule has 1 fully saturated rings. The van der Waals surface area contributed by atoms with Gasteiger partial charge in [0.25, 0.3) is 0 Å². The Kier molecular flexibility index (Phi) is 2.73. The Hall–Kier alpha value is -0.970. The zero-order valence-corrected chi connectivity index (χ0v) is 9.34. The van der Waals surface area contributed by atoms with Gasteiger partial charge >= 0.3 is 5.97 Å². The summed E-state index contributed by atoms with van der Waals surface area (Å²) < 4.78 is 0. The molecule has 1 atom stereocenters. The molecule has 0 saturated carbocycles. The van der Waals surface area contributed by atoms with E-state index in [1.54, 1.807) is 11.8 Å². The molecule has 0 radical (unpaired) electrons. The average Bonchev–Trinajstić information content (AvgIpc) is 2.47. The van der Waals surface area contributed by atoms with E-state index >= 15 is 0 Å². The summed E-state index contributed by atoms with van der Waals surface area (Å²) in [5.74, 6) is -1.03. The lowest BCUT2D eigenvalue weighted by atomic mass is 10.1. The molecule has 2 aliphatic heterocycles. The molecule has 0 aliphatic carbocycles. The number of rotatable bonds is 4. The van der Waals surface area contributed by atoms with Crippen molar-refractivity contribution in [2.24, 2.45) is 0 Å². The minimum absolute atomic E-state index is 0.0589. The quantitative estimate of drug-likeness (QED) is 0.744. The van der Waals surface area contributed by atoms with E-state index in [-0.39, 0.29) is 17.0 Å². The molecule has 5 heteroatoms. The maximum Gasteiger partial charge on any atom is 0.353 e. The van der Waals surface area contributed by atoms with Crippen LogP contribution in [0.2, 0.25) is 0 Å². The van der Waals surface area contributed by atoms with Crippen LogP contribution in [-0.2, 0) is 9.59 Å². The lowest BCUT2D eigenvalue weighted by Crippen LogP contribution is -2.48. The molecule has 2 aliphatic rings. The number of thioether (sulfide) groups is 1. The minimum Gasteiger partial charge on any atom is -0.477 e. The summed E-state index contributed by atoms with van der Waals surface area (Å²) in [6.07, 6.45) is 3.28. The van der Waals surface area contributed by atoms with Crippen LogP contribution in [0.5, 0.6) is 0 Å². The van der Waals surface area contributed by atoms with E-state index < -0.39 is 5.97 Å². The van der Waals surface area contributed by atoms with Crippen LogP contribution >= 0.6 is 11.8 Å². The molecule has 0 spiro atoms. The molecule has 1 N–H and O–H groups in total. The molecule has 2 rings (SSSR count). The molecule has 4 nitrogen and oxygen atoms in total. The Morgan fingerprint density at radius 1 is 1.67 bits per heavy atom. The first-order valence-corrected chi connectivity index (χ1v) is 5.98. The van der Waals surface area contributed by atoms with Gasteiger partial charge in [0.15, 0.2) is 0 Å². The number of allylic oxidation sites excluding steroid dienone is 1. The van der Waals surface area contributed by atoms with E-state index in [1.165, 1.54) is 4.90 Å². The van der Waals surface area contributed by atoms with Gasteiger partial charge in [-0.25, -0.2) is 4.79 Å². The largest absolute Gasteiger partial charge is 0.477 e. The fourth-order valence-electron chi connectivity index (χ4n) is 1.84. The van der Waals surface area contributed by atoms with Crippen LogP contribution in [0.25, 0.3) is 0 Å². The lowest BCUT2D eigenvalue weighted by molar-refractivity contribution is -0.145. The first-order chi connectivity index (χ1) is 7.15. The number of carboxylic acids is 1. The Balaban J connectivity index is 2.19. The summed E-state index contributed by atoms with van der Waals surface area (Å²) in [5, 5.41) is 9.12. The smallest absolute Gasteiger partial charge is 0.353 e. The Morgan fingerprint density at radius 3 is 2.93 bits per heavy atom. The van der Waals surface area contributed by atoms with Crippen LogP contribution in [0.15, 0.2) is 10.6 Å². The topological polar surface area (TPSA) is 57.6 Å². The fourth-order valence-corrected chi connectivity index (χ4v) is 3.28. The average molecular weight is 227 g/mol.